The first-order valence-corrected chi connectivity index (χ1v) is 9.31. The van der Waals surface area contributed by atoms with Crippen LogP contribution in [-0.4, -0.2) is 37.6 Å². The highest BCUT2D eigenvalue weighted by atomic mass is 32.2. The van der Waals surface area contributed by atoms with Crippen molar-refractivity contribution in [2.24, 2.45) is 5.73 Å². The fourth-order valence-electron chi connectivity index (χ4n) is 2.66. The maximum Gasteiger partial charge on any atom is 0.214 e. The Morgan fingerprint density at radius 2 is 1.71 bits per heavy atom. The van der Waals surface area contributed by atoms with Crippen LogP contribution in [0.5, 0.6) is 0 Å². The Balaban J connectivity index is 2.91. The summed E-state index contributed by atoms with van der Waals surface area (Å²) in [6.45, 7) is 6.76. The molecule has 1 unspecified atom stereocenters. The van der Waals surface area contributed by atoms with Crippen molar-refractivity contribution in [2.45, 2.75) is 45.6 Å². The second-order valence-electron chi connectivity index (χ2n) is 5.46. The Bertz CT molecular complexity index is 498. The predicted molar refractivity (Wildman–Crippen MR) is 88.8 cm³/mol. The van der Waals surface area contributed by atoms with Crippen molar-refractivity contribution in [3.05, 3.63) is 35.9 Å². The van der Waals surface area contributed by atoms with Gasteiger partial charge >= 0.3 is 0 Å². The summed E-state index contributed by atoms with van der Waals surface area (Å²) in [4.78, 5) is 0. The molecule has 2 N–H and O–H groups in total. The van der Waals surface area contributed by atoms with Crippen LogP contribution in [0.15, 0.2) is 30.3 Å². The van der Waals surface area contributed by atoms with Gasteiger partial charge in [-0.1, -0.05) is 51.1 Å². The van der Waals surface area contributed by atoms with Crippen LogP contribution in [-0.2, 0) is 10.0 Å². The minimum atomic E-state index is -3.30. The zero-order valence-electron chi connectivity index (χ0n) is 13.3. The van der Waals surface area contributed by atoms with E-state index in [0.717, 1.165) is 18.4 Å². The summed E-state index contributed by atoms with van der Waals surface area (Å²) in [5, 5.41) is 0. The third-order valence-corrected chi connectivity index (χ3v) is 6.00. The van der Waals surface area contributed by atoms with Gasteiger partial charge in [0.05, 0.1) is 5.75 Å². The molecule has 0 aliphatic rings. The van der Waals surface area contributed by atoms with Gasteiger partial charge in [-0.15, -0.1) is 0 Å². The van der Waals surface area contributed by atoms with Crippen LogP contribution < -0.4 is 5.73 Å². The summed E-state index contributed by atoms with van der Waals surface area (Å²) in [6.07, 6.45) is 1.63. The molecule has 5 heteroatoms. The van der Waals surface area contributed by atoms with Crippen molar-refractivity contribution < 1.29 is 8.42 Å². The highest BCUT2D eigenvalue weighted by molar-refractivity contribution is 7.89. The fraction of sp³-hybridized carbons (Fsp3) is 0.625. The number of rotatable bonds is 9. The summed E-state index contributed by atoms with van der Waals surface area (Å²) >= 11 is 0. The van der Waals surface area contributed by atoms with Gasteiger partial charge in [-0.3, -0.25) is 0 Å². The topological polar surface area (TPSA) is 63.4 Å². The molecule has 0 aliphatic heterocycles. The van der Waals surface area contributed by atoms with Crippen LogP contribution in [0, 0.1) is 0 Å². The molecule has 0 radical (unpaired) electrons. The van der Waals surface area contributed by atoms with Crippen LogP contribution in [0.4, 0.5) is 0 Å². The van der Waals surface area contributed by atoms with E-state index in [1.54, 1.807) is 4.31 Å². The molecule has 0 spiro atoms. The van der Waals surface area contributed by atoms with Gasteiger partial charge in [0.2, 0.25) is 10.0 Å². The SMILES string of the molecule is CCC(CC)N(CCN)S(=O)(=O)CC(C)c1ccccc1. The van der Waals surface area contributed by atoms with E-state index in [2.05, 4.69) is 0 Å². The third-order valence-electron chi connectivity index (χ3n) is 3.89. The predicted octanol–water partition coefficient (Wildman–Crippen LogP) is 2.57. The van der Waals surface area contributed by atoms with Gasteiger partial charge in [0.25, 0.3) is 0 Å². The molecule has 0 fully saturated rings. The van der Waals surface area contributed by atoms with Crippen LogP contribution in [0.3, 0.4) is 0 Å². The maximum absolute atomic E-state index is 12.7. The molecular weight excluding hydrogens is 284 g/mol. The lowest BCUT2D eigenvalue weighted by atomic mass is 10.0. The second kappa shape index (κ2) is 8.51. The number of sulfonamides is 1. The number of nitrogens with two attached hydrogens (primary N) is 1. The standard InChI is InChI=1S/C16H28N2O2S/c1-4-16(5-2)18(12-11-17)21(19,20)13-14(3)15-9-7-6-8-10-15/h6-10,14,16H,4-5,11-13,17H2,1-3H3. The van der Waals surface area contributed by atoms with Gasteiger partial charge in [0, 0.05) is 19.1 Å². The molecule has 0 saturated carbocycles. The fourth-order valence-corrected chi connectivity index (χ4v) is 4.81. The highest BCUT2D eigenvalue weighted by Gasteiger charge is 2.29. The van der Waals surface area contributed by atoms with E-state index < -0.39 is 10.0 Å². The Kier molecular flexibility index (Phi) is 7.35. The minimum Gasteiger partial charge on any atom is -0.329 e. The molecule has 0 bridgehead atoms. The van der Waals surface area contributed by atoms with Crippen molar-refractivity contribution in [1.29, 1.82) is 0 Å². The summed E-state index contributed by atoms with van der Waals surface area (Å²) in [5.41, 5.74) is 6.66. The quantitative estimate of drug-likeness (QED) is 0.762. The van der Waals surface area contributed by atoms with E-state index >= 15 is 0 Å². The molecule has 0 heterocycles. The Hall–Kier alpha value is -0.910. The van der Waals surface area contributed by atoms with Crippen molar-refractivity contribution >= 4 is 10.0 Å². The van der Waals surface area contributed by atoms with Crippen molar-refractivity contribution in [3.63, 3.8) is 0 Å². The number of benzene rings is 1. The summed E-state index contributed by atoms with van der Waals surface area (Å²) < 4.78 is 27.1. The van der Waals surface area contributed by atoms with E-state index in [0.29, 0.717) is 13.1 Å². The van der Waals surface area contributed by atoms with Gasteiger partial charge in [0.15, 0.2) is 0 Å². The van der Waals surface area contributed by atoms with Crippen LogP contribution in [0.1, 0.15) is 45.1 Å². The minimum absolute atomic E-state index is 0.0224. The van der Waals surface area contributed by atoms with E-state index in [1.165, 1.54) is 0 Å². The van der Waals surface area contributed by atoms with Crippen LogP contribution in [0.25, 0.3) is 0 Å². The summed E-state index contributed by atoms with van der Waals surface area (Å²) in [7, 11) is -3.30. The lowest BCUT2D eigenvalue weighted by Gasteiger charge is -2.30. The van der Waals surface area contributed by atoms with Gasteiger partial charge in [-0.2, -0.15) is 4.31 Å². The number of hydrogen-bond acceptors (Lipinski definition) is 3. The first-order valence-electron chi connectivity index (χ1n) is 7.70. The Morgan fingerprint density at radius 1 is 1.14 bits per heavy atom. The zero-order chi connectivity index (χ0) is 15.9. The number of nitrogens with zero attached hydrogens (tertiary/aromatic N) is 1. The zero-order valence-corrected chi connectivity index (χ0v) is 14.1. The molecule has 21 heavy (non-hydrogen) atoms. The van der Waals surface area contributed by atoms with Crippen molar-refractivity contribution in [2.75, 3.05) is 18.8 Å². The van der Waals surface area contributed by atoms with E-state index in [-0.39, 0.29) is 17.7 Å². The van der Waals surface area contributed by atoms with E-state index in [9.17, 15) is 8.42 Å². The van der Waals surface area contributed by atoms with E-state index in [1.807, 2.05) is 51.1 Å². The van der Waals surface area contributed by atoms with Gasteiger partial charge in [-0.25, -0.2) is 8.42 Å². The lowest BCUT2D eigenvalue weighted by molar-refractivity contribution is 0.308. The lowest BCUT2D eigenvalue weighted by Crippen LogP contribution is -2.44. The first-order chi connectivity index (χ1) is 9.96. The molecule has 0 saturated heterocycles. The summed E-state index contributed by atoms with van der Waals surface area (Å²) in [6, 6.07) is 9.82. The molecule has 0 amide bonds. The molecule has 1 aromatic carbocycles. The maximum atomic E-state index is 12.7. The molecule has 120 valence electrons. The first kappa shape index (κ1) is 18.1. The molecular formula is C16H28N2O2S. The molecule has 1 aromatic rings. The average molecular weight is 312 g/mol. The highest BCUT2D eigenvalue weighted by Crippen LogP contribution is 2.21. The normalized spacial score (nSPS) is 13.8. The third kappa shape index (κ3) is 5.09. The monoisotopic (exact) mass is 312 g/mol. The van der Waals surface area contributed by atoms with Crippen LogP contribution in [0.2, 0.25) is 0 Å². The molecule has 1 atom stereocenters. The van der Waals surface area contributed by atoms with Gasteiger partial charge in [0.1, 0.15) is 0 Å². The summed E-state index contributed by atoms with van der Waals surface area (Å²) in [5.74, 6) is 0.110. The van der Waals surface area contributed by atoms with Gasteiger partial charge in [-0.05, 0) is 24.3 Å². The molecule has 0 aliphatic carbocycles. The average Bonchev–Trinajstić information content (AvgIpc) is 2.48. The Labute approximate surface area is 129 Å². The largest absolute Gasteiger partial charge is 0.329 e. The smallest absolute Gasteiger partial charge is 0.214 e. The Morgan fingerprint density at radius 3 is 2.19 bits per heavy atom. The second-order valence-corrected chi connectivity index (χ2v) is 7.43. The molecule has 0 aromatic heterocycles. The number of hydrogen-bond donors (Lipinski definition) is 1. The van der Waals surface area contributed by atoms with Crippen molar-refractivity contribution in [1.82, 2.24) is 4.31 Å². The van der Waals surface area contributed by atoms with Crippen LogP contribution >= 0.6 is 0 Å². The van der Waals surface area contributed by atoms with E-state index in [4.69, 9.17) is 5.73 Å². The van der Waals surface area contributed by atoms with Crippen molar-refractivity contribution in [3.8, 4) is 0 Å². The molecule has 1 rings (SSSR count). The molecule has 4 nitrogen and oxygen atoms in total. The van der Waals surface area contributed by atoms with Gasteiger partial charge < -0.3 is 5.73 Å².